The fourth-order valence-corrected chi connectivity index (χ4v) is 3.46. The van der Waals surface area contributed by atoms with Gasteiger partial charge in [-0.3, -0.25) is 0 Å². The lowest BCUT2D eigenvalue weighted by molar-refractivity contribution is 0.420. The average molecular weight is 269 g/mol. The summed E-state index contributed by atoms with van der Waals surface area (Å²) >= 11 is 0. The molecule has 1 N–H and O–H groups in total. The van der Waals surface area contributed by atoms with E-state index < -0.39 is 0 Å². The van der Waals surface area contributed by atoms with Crippen LogP contribution < -0.4 is 5.32 Å². The minimum Gasteiger partial charge on any atom is -0.312 e. The van der Waals surface area contributed by atoms with Crippen molar-refractivity contribution in [1.82, 2.24) is 5.32 Å². The Morgan fingerprint density at radius 1 is 1.20 bits per heavy atom. The molecule has 0 saturated carbocycles. The second-order valence-electron chi connectivity index (χ2n) is 5.75. The molecule has 2 aromatic carbocycles. The number of rotatable bonds is 3. The van der Waals surface area contributed by atoms with Gasteiger partial charge in [0.15, 0.2) is 0 Å². The van der Waals surface area contributed by atoms with Crippen molar-refractivity contribution in [2.45, 2.75) is 32.2 Å². The zero-order valence-corrected chi connectivity index (χ0v) is 12.2. The van der Waals surface area contributed by atoms with E-state index in [1.54, 1.807) is 6.07 Å². The van der Waals surface area contributed by atoms with Crippen LogP contribution in [0.1, 0.15) is 39.8 Å². The fourth-order valence-electron chi connectivity index (χ4n) is 3.46. The van der Waals surface area contributed by atoms with Crippen molar-refractivity contribution < 1.29 is 4.39 Å². The molecule has 0 aliphatic heterocycles. The third-order valence-corrected chi connectivity index (χ3v) is 4.40. The van der Waals surface area contributed by atoms with Crippen molar-refractivity contribution in [1.29, 1.82) is 0 Å². The maximum atomic E-state index is 14.4. The smallest absolute Gasteiger partial charge is 0.128 e. The molecular formula is C18H20FN. The van der Waals surface area contributed by atoms with Crippen LogP contribution in [0.15, 0.2) is 36.4 Å². The Hall–Kier alpha value is -1.67. The molecule has 1 aliphatic rings. The van der Waals surface area contributed by atoms with Crippen molar-refractivity contribution in [2.75, 3.05) is 7.05 Å². The second kappa shape index (κ2) is 5.02. The zero-order valence-electron chi connectivity index (χ0n) is 12.2. The van der Waals surface area contributed by atoms with E-state index in [9.17, 15) is 4.39 Å². The molecule has 2 heteroatoms. The number of fused-ring (bicyclic) bond motifs is 1. The normalized spacial score (nSPS) is 18.3. The zero-order chi connectivity index (χ0) is 14.3. The summed E-state index contributed by atoms with van der Waals surface area (Å²) in [6.45, 7) is 3.94. The molecule has 0 bridgehead atoms. The van der Waals surface area contributed by atoms with Crippen LogP contribution >= 0.6 is 0 Å². The highest BCUT2D eigenvalue weighted by Crippen LogP contribution is 2.44. The molecule has 0 radical (unpaired) electrons. The molecule has 3 rings (SSSR count). The number of hydrogen-bond donors (Lipinski definition) is 1. The third kappa shape index (κ3) is 2.04. The van der Waals surface area contributed by atoms with E-state index in [2.05, 4.69) is 35.6 Å². The van der Waals surface area contributed by atoms with Gasteiger partial charge in [0, 0.05) is 17.5 Å². The molecule has 2 aromatic rings. The summed E-state index contributed by atoms with van der Waals surface area (Å²) in [6.07, 6.45) is 1.02. The highest BCUT2D eigenvalue weighted by molar-refractivity contribution is 5.45. The van der Waals surface area contributed by atoms with E-state index in [-0.39, 0.29) is 11.9 Å². The van der Waals surface area contributed by atoms with Gasteiger partial charge in [-0.2, -0.15) is 0 Å². The molecule has 2 unspecified atom stereocenters. The van der Waals surface area contributed by atoms with Gasteiger partial charge in [0.1, 0.15) is 5.82 Å². The first-order valence-electron chi connectivity index (χ1n) is 7.13. The van der Waals surface area contributed by atoms with E-state index >= 15 is 0 Å². The fraction of sp³-hybridized carbons (Fsp3) is 0.333. The van der Waals surface area contributed by atoms with E-state index in [1.807, 2.05) is 20.9 Å². The monoisotopic (exact) mass is 269 g/mol. The Balaban J connectivity index is 2.01. The van der Waals surface area contributed by atoms with Gasteiger partial charge < -0.3 is 5.32 Å². The van der Waals surface area contributed by atoms with Crippen LogP contribution in [-0.4, -0.2) is 7.05 Å². The standard InChI is InChI=1S/C18H20FN/c1-11-8-12(2)17(16(19)9-11)18(20-3)15-10-13-6-4-5-7-14(13)15/h4-9,15,18,20H,10H2,1-3H3. The summed E-state index contributed by atoms with van der Waals surface area (Å²) < 4.78 is 14.4. The maximum absolute atomic E-state index is 14.4. The van der Waals surface area contributed by atoms with Crippen LogP contribution in [0.4, 0.5) is 4.39 Å². The molecule has 0 amide bonds. The Kier molecular flexibility index (Phi) is 3.35. The SMILES string of the molecule is CNC(c1c(C)cc(C)cc1F)C1Cc2ccccc21. The van der Waals surface area contributed by atoms with Crippen LogP contribution in [-0.2, 0) is 6.42 Å². The van der Waals surface area contributed by atoms with Crippen LogP contribution in [0.2, 0.25) is 0 Å². The van der Waals surface area contributed by atoms with E-state index in [1.165, 1.54) is 11.1 Å². The quantitative estimate of drug-likeness (QED) is 0.886. The van der Waals surface area contributed by atoms with Gasteiger partial charge in [-0.1, -0.05) is 30.3 Å². The predicted octanol–water partition coefficient (Wildman–Crippen LogP) is 4.04. The summed E-state index contributed by atoms with van der Waals surface area (Å²) in [5.41, 5.74) is 5.57. The third-order valence-electron chi connectivity index (χ3n) is 4.40. The van der Waals surface area contributed by atoms with Gasteiger partial charge in [0.05, 0.1) is 0 Å². The molecule has 2 atom stereocenters. The Morgan fingerprint density at radius 3 is 2.60 bits per heavy atom. The molecule has 1 aliphatic carbocycles. The number of aryl methyl sites for hydroxylation is 2. The maximum Gasteiger partial charge on any atom is 0.128 e. The molecule has 20 heavy (non-hydrogen) atoms. The minimum atomic E-state index is -0.0915. The molecule has 0 fully saturated rings. The van der Waals surface area contributed by atoms with Gasteiger partial charge in [-0.05, 0) is 55.6 Å². The molecule has 1 nitrogen and oxygen atoms in total. The van der Waals surface area contributed by atoms with Crippen molar-refractivity contribution in [2.24, 2.45) is 0 Å². The Labute approximate surface area is 119 Å². The first-order chi connectivity index (χ1) is 9.61. The van der Waals surface area contributed by atoms with Crippen molar-refractivity contribution in [3.63, 3.8) is 0 Å². The van der Waals surface area contributed by atoms with Crippen LogP contribution in [0, 0.1) is 19.7 Å². The molecule has 104 valence electrons. The van der Waals surface area contributed by atoms with Crippen LogP contribution in [0.25, 0.3) is 0 Å². The number of likely N-dealkylation sites (N-methyl/N-ethyl adjacent to an activating group) is 1. The van der Waals surface area contributed by atoms with Crippen molar-refractivity contribution in [3.8, 4) is 0 Å². The van der Waals surface area contributed by atoms with Gasteiger partial charge in [-0.25, -0.2) is 4.39 Å². The van der Waals surface area contributed by atoms with Crippen LogP contribution in [0.3, 0.4) is 0 Å². The summed E-state index contributed by atoms with van der Waals surface area (Å²) in [5, 5.41) is 3.32. The van der Waals surface area contributed by atoms with Gasteiger partial charge in [0.25, 0.3) is 0 Å². The van der Waals surface area contributed by atoms with E-state index in [0.29, 0.717) is 5.92 Å². The van der Waals surface area contributed by atoms with E-state index in [4.69, 9.17) is 0 Å². The number of nitrogens with one attached hydrogen (secondary N) is 1. The van der Waals surface area contributed by atoms with Gasteiger partial charge in [-0.15, -0.1) is 0 Å². The summed E-state index contributed by atoms with van der Waals surface area (Å²) in [6, 6.07) is 12.2. The summed E-state index contributed by atoms with van der Waals surface area (Å²) in [4.78, 5) is 0. The van der Waals surface area contributed by atoms with Gasteiger partial charge in [0.2, 0.25) is 0 Å². The minimum absolute atomic E-state index is 0.0468. The number of halogens is 1. The molecule has 0 spiro atoms. The molecule has 0 heterocycles. The Morgan fingerprint density at radius 2 is 1.95 bits per heavy atom. The summed E-state index contributed by atoms with van der Waals surface area (Å²) in [7, 11) is 1.92. The highest BCUT2D eigenvalue weighted by atomic mass is 19.1. The lowest BCUT2D eigenvalue weighted by atomic mass is 9.71. The first kappa shape index (κ1) is 13.3. The molecule has 0 saturated heterocycles. The molecular weight excluding hydrogens is 249 g/mol. The van der Waals surface area contributed by atoms with Crippen molar-refractivity contribution in [3.05, 3.63) is 70.0 Å². The predicted molar refractivity (Wildman–Crippen MR) is 80.6 cm³/mol. The lowest BCUT2D eigenvalue weighted by Gasteiger charge is -2.37. The number of benzene rings is 2. The average Bonchev–Trinajstić information content (AvgIpc) is 2.37. The highest BCUT2D eigenvalue weighted by Gasteiger charge is 2.34. The van der Waals surface area contributed by atoms with E-state index in [0.717, 1.165) is 23.1 Å². The lowest BCUT2D eigenvalue weighted by Crippen LogP contribution is -2.32. The van der Waals surface area contributed by atoms with Gasteiger partial charge >= 0.3 is 0 Å². The first-order valence-corrected chi connectivity index (χ1v) is 7.13. The second-order valence-corrected chi connectivity index (χ2v) is 5.75. The largest absolute Gasteiger partial charge is 0.312 e. The van der Waals surface area contributed by atoms with Crippen LogP contribution in [0.5, 0.6) is 0 Å². The molecule has 0 aromatic heterocycles. The topological polar surface area (TPSA) is 12.0 Å². The Bertz CT molecular complexity index is 625. The van der Waals surface area contributed by atoms with Crippen molar-refractivity contribution >= 4 is 0 Å². The number of hydrogen-bond acceptors (Lipinski definition) is 1. The summed E-state index contributed by atoms with van der Waals surface area (Å²) in [5.74, 6) is 0.276.